The summed E-state index contributed by atoms with van der Waals surface area (Å²) in [5.74, 6) is -2.91. The highest BCUT2D eigenvalue weighted by atomic mass is 16.6. The number of nitrogens with one attached hydrogen (secondary N) is 5. The molecule has 4 atom stereocenters. The van der Waals surface area contributed by atoms with Gasteiger partial charge in [0.05, 0.1) is 0 Å². The Morgan fingerprint density at radius 2 is 1.19 bits per heavy atom. The predicted octanol–water partition coefficient (Wildman–Crippen LogP) is 0.210. The molecule has 4 unspecified atom stereocenters. The second kappa shape index (κ2) is 16.3. The smallest absolute Gasteiger partial charge is 0.328 e. The van der Waals surface area contributed by atoms with Crippen molar-refractivity contribution in [2.75, 3.05) is 6.54 Å². The van der Waals surface area contributed by atoms with Crippen LogP contribution in [0.5, 0.6) is 0 Å². The van der Waals surface area contributed by atoms with Gasteiger partial charge in [-0.05, 0) is 67.4 Å². The van der Waals surface area contributed by atoms with Gasteiger partial charge in [0.1, 0.15) is 29.8 Å². The Balaban J connectivity index is 4.42. The molecule has 0 saturated carbocycles. The van der Waals surface area contributed by atoms with E-state index in [9.17, 15) is 28.8 Å². The first-order valence-corrected chi connectivity index (χ1v) is 12.4. The molecular formula is C25H43N5O7. The number of unbranched alkanes of at least 4 members (excludes halogenated alkanes) is 2. The van der Waals surface area contributed by atoms with Crippen molar-refractivity contribution in [3.8, 4) is 0 Å². The summed E-state index contributed by atoms with van der Waals surface area (Å²) in [6, 6.07) is -3.73. The van der Waals surface area contributed by atoms with Crippen LogP contribution >= 0.6 is 0 Å². The predicted molar refractivity (Wildman–Crippen MR) is 138 cm³/mol. The second-order valence-corrected chi connectivity index (χ2v) is 9.82. The maximum Gasteiger partial charge on any atom is 0.328 e. The van der Waals surface area contributed by atoms with Crippen molar-refractivity contribution in [1.82, 2.24) is 26.6 Å². The third-order valence-corrected chi connectivity index (χ3v) is 4.96. The molecule has 0 aromatic carbocycles. The minimum Gasteiger partial charge on any atom is -0.458 e. The van der Waals surface area contributed by atoms with Crippen LogP contribution in [-0.4, -0.2) is 71.8 Å². The fourth-order valence-electron chi connectivity index (χ4n) is 2.85. The van der Waals surface area contributed by atoms with Gasteiger partial charge in [0.15, 0.2) is 0 Å². The molecule has 12 nitrogen and oxygen atoms in total. The average molecular weight is 526 g/mol. The maximum atomic E-state index is 12.4. The van der Waals surface area contributed by atoms with Gasteiger partial charge in [0, 0.05) is 13.0 Å². The van der Waals surface area contributed by atoms with Crippen molar-refractivity contribution < 1.29 is 33.5 Å². The normalized spacial score (nSPS) is 14.1. The van der Waals surface area contributed by atoms with Crippen LogP contribution in [0.4, 0.5) is 0 Å². The quantitative estimate of drug-likeness (QED) is 0.115. The van der Waals surface area contributed by atoms with Crippen molar-refractivity contribution in [1.29, 1.82) is 0 Å². The molecule has 5 N–H and O–H groups in total. The number of carbonyl (C=O) groups excluding carboxylic acids is 6. The van der Waals surface area contributed by atoms with Crippen LogP contribution in [0.15, 0.2) is 12.7 Å². The molecule has 0 spiro atoms. The Kier molecular flexibility index (Phi) is 14.8. The number of hydrogen-bond donors (Lipinski definition) is 5. The Labute approximate surface area is 219 Å². The van der Waals surface area contributed by atoms with Crippen LogP contribution in [-0.2, 0) is 33.5 Å². The van der Waals surface area contributed by atoms with Crippen LogP contribution < -0.4 is 26.6 Å². The molecule has 0 heterocycles. The lowest BCUT2D eigenvalue weighted by Crippen LogP contribution is -2.55. The van der Waals surface area contributed by atoms with E-state index in [2.05, 4.69) is 33.2 Å². The van der Waals surface area contributed by atoms with Crippen LogP contribution in [0.1, 0.15) is 74.1 Å². The zero-order valence-electron chi connectivity index (χ0n) is 23.0. The van der Waals surface area contributed by atoms with Gasteiger partial charge in [-0.2, -0.15) is 0 Å². The third kappa shape index (κ3) is 15.3. The molecule has 0 fully saturated rings. The van der Waals surface area contributed by atoms with Gasteiger partial charge >= 0.3 is 5.97 Å². The Hall–Kier alpha value is -3.44. The highest BCUT2D eigenvalue weighted by molar-refractivity contribution is 5.94. The molecule has 5 amide bonds. The standard InChI is InChI=1S/C25H43N5O7/c1-9-19(31)26-14-12-10-11-13-20(32)27-15(2)21(33)28-16(3)22(34)29-17(4)23(35)30-18(5)24(36)37-25(6,7)8/h9,15-18H,1,10-14H2,2-8H3,(H,26,31)(H,27,32)(H,28,33)(H,29,34)(H,30,35). The molecule has 0 saturated heterocycles. The highest BCUT2D eigenvalue weighted by Gasteiger charge is 2.27. The molecule has 37 heavy (non-hydrogen) atoms. The van der Waals surface area contributed by atoms with Crippen molar-refractivity contribution >= 4 is 35.5 Å². The number of amides is 5. The van der Waals surface area contributed by atoms with E-state index in [4.69, 9.17) is 4.74 Å². The van der Waals surface area contributed by atoms with E-state index in [-0.39, 0.29) is 18.2 Å². The average Bonchev–Trinajstić information content (AvgIpc) is 2.79. The van der Waals surface area contributed by atoms with Crippen LogP contribution in [0.2, 0.25) is 0 Å². The van der Waals surface area contributed by atoms with Crippen LogP contribution in [0, 0.1) is 0 Å². The second-order valence-electron chi connectivity index (χ2n) is 9.82. The molecule has 0 aliphatic heterocycles. The summed E-state index contributed by atoms with van der Waals surface area (Å²) >= 11 is 0. The zero-order chi connectivity index (χ0) is 28.8. The fourth-order valence-corrected chi connectivity index (χ4v) is 2.85. The van der Waals surface area contributed by atoms with E-state index in [1.54, 1.807) is 20.8 Å². The number of ether oxygens (including phenoxy) is 1. The maximum absolute atomic E-state index is 12.4. The number of esters is 1. The van der Waals surface area contributed by atoms with E-state index < -0.39 is 53.5 Å². The Morgan fingerprint density at radius 3 is 1.65 bits per heavy atom. The van der Waals surface area contributed by atoms with Gasteiger partial charge in [-0.15, -0.1) is 0 Å². The van der Waals surface area contributed by atoms with Crippen molar-refractivity contribution in [3.63, 3.8) is 0 Å². The molecule has 0 bridgehead atoms. The van der Waals surface area contributed by atoms with Crippen molar-refractivity contribution in [3.05, 3.63) is 12.7 Å². The molecule has 0 aromatic heterocycles. The summed E-state index contributed by atoms with van der Waals surface area (Å²) in [5.41, 5.74) is -0.703. The number of carbonyl (C=O) groups is 6. The number of hydrogen-bond acceptors (Lipinski definition) is 7. The highest BCUT2D eigenvalue weighted by Crippen LogP contribution is 2.08. The third-order valence-electron chi connectivity index (χ3n) is 4.96. The van der Waals surface area contributed by atoms with Gasteiger partial charge in [0.25, 0.3) is 0 Å². The lowest BCUT2D eigenvalue weighted by Gasteiger charge is -2.24. The van der Waals surface area contributed by atoms with E-state index in [1.807, 2.05) is 0 Å². The zero-order valence-corrected chi connectivity index (χ0v) is 23.0. The minimum absolute atomic E-state index is 0.220. The van der Waals surface area contributed by atoms with E-state index in [0.717, 1.165) is 6.42 Å². The summed E-state index contributed by atoms with van der Waals surface area (Å²) in [6.45, 7) is 14.8. The van der Waals surface area contributed by atoms with Gasteiger partial charge in [-0.25, -0.2) is 4.79 Å². The van der Waals surface area contributed by atoms with Gasteiger partial charge in [-0.1, -0.05) is 13.0 Å². The molecule has 0 radical (unpaired) electrons. The largest absolute Gasteiger partial charge is 0.458 e. The van der Waals surface area contributed by atoms with Crippen LogP contribution in [0.3, 0.4) is 0 Å². The Morgan fingerprint density at radius 1 is 0.730 bits per heavy atom. The summed E-state index contributed by atoms with van der Waals surface area (Å²) in [5, 5.41) is 12.7. The summed E-state index contributed by atoms with van der Waals surface area (Å²) in [7, 11) is 0. The van der Waals surface area contributed by atoms with E-state index >= 15 is 0 Å². The monoisotopic (exact) mass is 525 g/mol. The summed E-state index contributed by atoms with van der Waals surface area (Å²) in [6.07, 6.45) is 3.45. The Bertz CT molecular complexity index is 838. The molecule has 0 aliphatic carbocycles. The first-order valence-electron chi connectivity index (χ1n) is 12.4. The first-order chi connectivity index (χ1) is 17.1. The van der Waals surface area contributed by atoms with Gasteiger partial charge in [-0.3, -0.25) is 24.0 Å². The minimum atomic E-state index is -0.976. The fraction of sp³-hybridized carbons (Fsp3) is 0.680. The van der Waals surface area contributed by atoms with Gasteiger partial charge < -0.3 is 31.3 Å². The van der Waals surface area contributed by atoms with E-state index in [0.29, 0.717) is 19.4 Å². The number of rotatable bonds is 15. The summed E-state index contributed by atoms with van der Waals surface area (Å²) < 4.78 is 5.21. The molecule has 0 aromatic rings. The van der Waals surface area contributed by atoms with Gasteiger partial charge in [0.2, 0.25) is 29.5 Å². The SMILES string of the molecule is C=CC(=O)NCCCCCC(=O)NC(C)C(=O)NC(C)C(=O)NC(C)C(=O)NC(C)C(=O)OC(C)(C)C. The first kappa shape index (κ1) is 33.6. The molecule has 0 rings (SSSR count). The van der Waals surface area contributed by atoms with Crippen molar-refractivity contribution in [2.24, 2.45) is 0 Å². The summed E-state index contributed by atoms with van der Waals surface area (Å²) in [4.78, 5) is 72.3. The molecular weight excluding hydrogens is 482 g/mol. The molecule has 12 heteroatoms. The lowest BCUT2D eigenvalue weighted by molar-refractivity contribution is -0.158. The lowest BCUT2D eigenvalue weighted by atomic mass is 10.1. The van der Waals surface area contributed by atoms with Crippen molar-refractivity contribution in [2.45, 2.75) is 104 Å². The molecule has 0 aliphatic rings. The topological polar surface area (TPSA) is 172 Å². The van der Waals surface area contributed by atoms with E-state index in [1.165, 1.54) is 33.8 Å². The van der Waals surface area contributed by atoms with Crippen LogP contribution in [0.25, 0.3) is 0 Å². The molecule has 210 valence electrons.